The average Bonchev–Trinajstić information content (AvgIpc) is 3.13. The topological polar surface area (TPSA) is 149 Å². The largest absolute Gasteiger partial charge is 0.394 e. The van der Waals surface area contributed by atoms with Gasteiger partial charge >= 0.3 is 0 Å². The first-order valence-electron chi connectivity index (χ1n) is 21.7. The molecule has 7 unspecified atom stereocenters. The number of hydrogen-bond donors (Lipinski definition) is 6. The van der Waals surface area contributed by atoms with Crippen molar-refractivity contribution in [2.45, 2.75) is 249 Å². The molecule has 1 heterocycles. The molecule has 1 saturated heterocycles. The highest BCUT2D eigenvalue weighted by atomic mass is 16.7. The second kappa shape index (κ2) is 33.7. The average molecular weight is 730 g/mol. The first kappa shape index (κ1) is 48.2. The van der Waals surface area contributed by atoms with Crippen LogP contribution >= 0.6 is 0 Å². The third kappa shape index (κ3) is 25.0. The van der Waals surface area contributed by atoms with Crippen molar-refractivity contribution < 1.29 is 39.8 Å². The number of hydrogen-bond acceptors (Lipinski definition) is 8. The molecule has 9 nitrogen and oxygen atoms in total. The first-order chi connectivity index (χ1) is 24.8. The van der Waals surface area contributed by atoms with E-state index in [-0.39, 0.29) is 12.5 Å². The molecule has 0 aliphatic carbocycles. The van der Waals surface area contributed by atoms with Crippen LogP contribution in [0.4, 0.5) is 0 Å². The molecule has 0 aromatic rings. The summed E-state index contributed by atoms with van der Waals surface area (Å²) in [4.78, 5) is 12.9. The number of amides is 1. The van der Waals surface area contributed by atoms with Gasteiger partial charge in [0.2, 0.25) is 5.91 Å². The van der Waals surface area contributed by atoms with Gasteiger partial charge in [0.15, 0.2) is 6.29 Å². The fourth-order valence-electron chi connectivity index (χ4n) is 7.16. The quantitative estimate of drug-likeness (QED) is 0.0353. The van der Waals surface area contributed by atoms with Crippen molar-refractivity contribution >= 4 is 5.91 Å². The van der Waals surface area contributed by atoms with Crippen LogP contribution in [0.25, 0.3) is 0 Å². The van der Waals surface area contributed by atoms with Crippen molar-refractivity contribution in [1.29, 1.82) is 0 Å². The smallest absolute Gasteiger partial charge is 0.220 e. The molecule has 1 aliphatic heterocycles. The fourth-order valence-corrected chi connectivity index (χ4v) is 7.16. The summed E-state index contributed by atoms with van der Waals surface area (Å²) in [6.45, 7) is 3.82. The summed E-state index contributed by atoms with van der Waals surface area (Å²) in [7, 11) is 0. The van der Waals surface area contributed by atoms with E-state index in [1.54, 1.807) is 0 Å². The summed E-state index contributed by atoms with van der Waals surface area (Å²) in [5.41, 5.74) is 0. The number of unbranched alkanes of at least 4 members (excludes halogenated alkanes) is 26. The Kier molecular flexibility index (Phi) is 31.9. The van der Waals surface area contributed by atoms with Crippen molar-refractivity contribution in [2.24, 2.45) is 0 Å². The van der Waals surface area contributed by atoms with E-state index in [4.69, 9.17) is 9.47 Å². The Morgan fingerprint density at radius 3 is 1.39 bits per heavy atom. The molecule has 1 amide bonds. The van der Waals surface area contributed by atoms with Gasteiger partial charge in [0.1, 0.15) is 24.4 Å². The van der Waals surface area contributed by atoms with E-state index in [0.29, 0.717) is 12.8 Å². The van der Waals surface area contributed by atoms with E-state index in [1.165, 1.54) is 141 Å². The van der Waals surface area contributed by atoms with Gasteiger partial charge < -0.3 is 40.3 Å². The monoisotopic (exact) mass is 730 g/mol. The second-order valence-corrected chi connectivity index (χ2v) is 15.5. The van der Waals surface area contributed by atoms with Gasteiger partial charge in [-0.25, -0.2) is 0 Å². The highest BCUT2D eigenvalue weighted by Crippen LogP contribution is 2.23. The van der Waals surface area contributed by atoms with Crippen molar-refractivity contribution in [2.75, 3.05) is 13.2 Å². The van der Waals surface area contributed by atoms with Crippen LogP contribution in [-0.2, 0) is 14.3 Å². The van der Waals surface area contributed by atoms with E-state index in [0.717, 1.165) is 38.5 Å². The molecule has 51 heavy (non-hydrogen) atoms. The van der Waals surface area contributed by atoms with Crippen LogP contribution < -0.4 is 5.32 Å². The maximum absolute atomic E-state index is 12.9. The number of aliphatic hydroxyl groups excluding tert-OH is 5. The van der Waals surface area contributed by atoms with Gasteiger partial charge in [-0.3, -0.25) is 4.79 Å². The van der Waals surface area contributed by atoms with Crippen molar-refractivity contribution in [3.05, 3.63) is 0 Å². The van der Waals surface area contributed by atoms with Gasteiger partial charge in [-0.1, -0.05) is 187 Å². The zero-order chi connectivity index (χ0) is 37.4. The predicted molar refractivity (Wildman–Crippen MR) is 208 cm³/mol. The molecule has 9 heteroatoms. The minimum absolute atomic E-state index is 0.132. The molecule has 0 bridgehead atoms. The molecule has 7 atom stereocenters. The number of nitrogens with one attached hydrogen (secondary N) is 1. The van der Waals surface area contributed by atoms with E-state index >= 15 is 0 Å². The molecule has 6 N–H and O–H groups in total. The summed E-state index contributed by atoms with van der Waals surface area (Å²) in [5, 5.41) is 54.1. The molecule has 0 saturated carbocycles. The number of carbonyl (C=O) groups excluding carboxylic acids is 1. The number of rotatable bonds is 36. The predicted octanol–water partition coefficient (Wildman–Crippen LogP) is 8.39. The van der Waals surface area contributed by atoms with Crippen molar-refractivity contribution in [3.63, 3.8) is 0 Å². The highest BCUT2D eigenvalue weighted by Gasteiger charge is 2.44. The summed E-state index contributed by atoms with van der Waals surface area (Å²) in [5.74, 6) is -0.143. The third-order valence-electron chi connectivity index (χ3n) is 10.7. The maximum atomic E-state index is 12.9. The zero-order valence-electron chi connectivity index (χ0n) is 33.1. The number of carbonyl (C=O) groups is 1. The Labute approximate surface area is 313 Å². The molecule has 0 aromatic heterocycles. The Hall–Kier alpha value is -0.810. The molecule has 1 rings (SSSR count). The van der Waals surface area contributed by atoms with Gasteiger partial charge in [0.25, 0.3) is 0 Å². The van der Waals surface area contributed by atoms with Crippen LogP contribution in [0.15, 0.2) is 0 Å². The SMILES string of the molecule is CCCCCCCCCCCCCCCCCCCCC(=O)NC(COC1OC(CO)C(O)C(O)C1O)C(O)CCCCCCCCCCCC. The number of ether oxygens (including phenoxy) is 2. The van der Waals surface area contributed by atoms with Gasteiger partial charge in [-0.15, -0.1) is 0 Å². The second-order valence-electron chi connectivity index (χ2n) is 15.5. The zero-order valence-corrected chi connectivity index (χ0v) is 33.1. The fraction of sp³-hybridized carbons (Fsp3) is 0.976. The normalized spacial score (nSPS) is 21.9. The van der Waals surface area contributed by atoms with Crippen LogP contribution in [0.2, 0.25) is 0 Å². The molecule has 0 radical (unpaired) electrons. The van der Waals surface area contributed by atoms with Crippen LogP contribution in [0.3, 0.4) is 0 Å². The number of aliphatic hydroxyl groups is 5. The minimum atomic E-state index is -1.55. The lowest BCUT2D eigenvalue weighted by atomic mass is 9.99. The molecule has 1 aliphatic rings. The van der Waals surface area contributed by atoms with E-state index in [1.807, 2.05) is 0 Å². The maximum Gasteiger partial charge on any atom is 0.220 e. The molecular weight excluding hydrogens is 646 g/mol. The van der Waals surface area contributed by atoms with Crippen molar-refractivity contribution in [1.82, 2.24) is 5.32 Å². The standard InChI is InChI=1S/C42H83NO8/c1-3-5-7-9-11-13-15-16-17-18-19-20-21-22-24-26-28-30-32-38(46)43-35(34-50-42-41(49)40(48)39(47)37(33-44)51-42)36(45)31-29-27-25-23-14-12-10-8-6-4-2/h35-37,39-42,44-45,47-49H,3-34H2,1-2H3,(H,43,46). The van der Waals surface area contributed by atoms with Gasteiger partial charge in [-0.05, 0) is 12.8 Å². The van der Waals surface area contributed by atoms with Crippen LogP contribution in [-0.4, -0.2) is 87.5 Å². The summed E-state index contributed by atoms with van der Waals surface area (Å²) < 4.78 is 11.2. The molecule has 1 fully saturated rings. The minimum Gasteiger partial charge on any atom is -0.394 e. The van der Waals surface area contributed by atoms with Crippen molar-refractivity contribution in [3.8, 4) is 0 Å². The summed E-state index contributed by atoms with van der Waals surface area (Å²) >= 11 is 0. The van der Waals surface area contributed by atoms with Crippen LogP contribution in [0, 0.1) is 0 Å². The lowest BCUT2D eigenvalue weighted by Gasteiger charge is -2.40. The Balaban J connectivity index is 2.30. The first-order valence-corrected chi connectivity index (χ1v) is 21.7. The lowest BCUT2D eigenvalue weighted by molar-refractivity contribution is -0.302. The van der Waals surface area contributed by atoms with E-state index < -0.39 is 49.5 Å². The van der Waals surface area contributed by atoms with E-state index in [9.17, 15) is 30.3 Å². The third-order valence-corrected chi connectivity index (χ3v) is 10.7. The molecule has 0 spiro atoms. The Morgan fingerprint density at radius 2 is 0.980 bits per heavy atom. The Morgan fingerprint density at radius 1 is 0.588 bits per heavy atom. The summed E-state index contributed by atoms with van der Waals surface area (Å²) in [6.07, 6.45) is 28.3. The summed E-state index contributed by atoms with van der Waals surface area (Å²) in [6, 6.07) is -0.709. The molecule has 0 aromatic carbocycles. The molecule has 304 valence electrons. The molecular formula is C42H83NO8. The van der Waals surface area contributed by atoms with Crippen LogP contribution in [0.1, 0.15) is 206 Å². The van der Waals surface area contributed by atoms with Gasteiger partial charge in [0.05, 0.1) is 25.4 Å². The van der Waals surface area contributed by atoms with Gasteiger partial charge in [0, 0.05) is 6.42 Å². The van der Waals surface area contributed by atoms with E-state index in [2.05, 4.69) is 19.2 Å². The Bertz CT molecular complexity index is 771. The van der Waals surface area contributed by atoms with Crippen LogP contribution in [0.5, 0.6) is 0 Å². The lowest BCUT2D eigenvalue weighted by Crippen LogP contribution is -2.60. The van der Waals surface area contributed by atoms with Gasteiger partial charge in [-0.2, -0.15) is 0 Å². The highest BCUT2D eigenvalue weighted by molar-refractivity contribution is 5.76.